The van der Waals surface area contributed by atoms with E-state index in [0.29, 0.717) is 0 Å². The second kappa shape index (κ2) is 3.85. The zero-order valence-electron chi connectivity index (χ0n) is 5.79. The van der Waals surface area contributed by atoms with Gasteiger partial charge in [-0.25, -0.2) is 0 Å². The molecule has 0 aromatic carbocycles. The Bertz CT molecular complexity index is 143. The zero-order valence-corrected chi connectivity index (χ0v) is 6.60. The van der Waals surface area contributed by atoms with Crippen molar-refractivity contribution in [1.82, 2.24) is 0 Å². The van der Waals surface area contributed by atoms with Gasteiger partial charge in [0.2, 0.25) is 0 Å². The van der Waals surface area contributed by atoms with Crippen LogP contribution in [0.15, 0.2) is 0 Å². The number of nitrogens with zero attached hydrogens (tertiary/aromatic N) is 1. The number of hydrogen-bond donors (Lipinski definition) is 1. The molecule has 0 saturated carbocycles. The van der Waals surface area contributed by atoms with Gasteiger partial charge in [-0.3, -0.25) is 0 Å². The van der Waals surface area contributed by atoms with Gasteiger partial charge in [-0.2, -0.15) is 17.0 Å². The standard InChI is InChI=1S/C7H11NOS/c8-5-6-1-3-10-4-2-7(6)9/h6-7,9H,1-4H2. The lowest BCUT2D eigenvalue weighted by molar-refractivity contribution is 0.131. The number of nitriles is 1. The van der Waals surface area contributed by atoms with Gasteiger partial charge in [-0.05, 0) is 24.3 Å². The molecule has 0 radical (unpaired) electrons. The lowest BCUT2D eigenvalue weighted by Crippen LogP contribution is -2.17. The molecule has 1 saturated heterocycles. The van der Waals surface area contributed by atoms with Crippen molar-refractivity contribution in [3.05, 3.63) is 0 Å². The van der Waals surface area contributed by atoms with Crippen LogP contribution in [0.25, 0.3) is 0 Å². The molecule has 2 atom stereocenters. The first-order valence-corrected chi connectivity index (χ1v) is 4.65. The summed E-state index contributed by atoms with van der Waals surface area (Å²) >= 11 is 1.83. The SMILES string of the molecule is N#CC1CCSCCC1O. The molecule has 0 aromatic rings. The van der Waals surface area contributed by atoms with Gasteiger partial charge < -0.3 is 5.11 Å². The molecule has 0 spiro atoms. The van der Waals surface area contributed by atoms with E-state index in [-0.39, 0.29) is 12.0 Å². The highest BCUT2D eigenvalue weighted by Gasteiger charge is 2.20. The maximum Gasteiger partial charge on any atom is 0.0730 e. The van der Waals surface area contributed by atoms with Crippen molar-refractivity contribution in [3.8, 4) is 6.07 Å². The van der Waals surface area contributed by atoms with E-state index in [1.54, 1.807) is 0 Å². The average Bonchev–Trinajstić information content (AvgIpc) is 2.13. The highest BCUT2D eigenvalue weighted by Crippen LogP contribution is 2.21. The van der Waals surface area contributed by atoms with Gasteiger partial charge in [0.05, 0.1) is 18.1 Å². The first-order chi connectivity index (χ1) is 4.84. The number of rotatable bonds is 0. The van der Waals surface area contributed by atoms with Crippen LogP contribution in [0, 0.1) is 17.2 Å². The summed E-state index contributed by atoms with van der Waals surface area (Å²) in [7, 11) is 0. The van der Waals surface area contributed by atoms with Gasteiger partial charge in [-0.1, -0.05) is 0 Å². The Morgan fingerprint density at radius 1 is 1.40 bits per heavy atom. The molecular formula is C7H11NOS. The largest absolute Gasteiger partial charge is 0.392 e. The molecule has 1 aliphatic rings. The van der Waals surface area contributed by atoms with E-state index in [2.05, 4.69) is 6.07 Å². The average molecular weight is 157 g/mol. The predicted octanol–water partition coefficient (Wildman–Crippen LogP) is 1.01. The van der Waals surface area contributed by atoms with Gasteiger partial charge in [0, 0.05) is 0 Å². The van der Waals surface area contributed by atoms with Crippen LogP contribution in [0.3, 0.4) is 0 Å². The minimum atomic E-state index is -0.375. The first-order valence-electron chi connectivity index (χ1n) is 3.50. The Balaban J connectivity index is 2.45. The van der Waals surface area contributed by atoms with Crippen LogP contribution < -0.4 is 0 Å². The number of aliphatic hydroxyl groups excluding tert-OH is 1. The van der Waals surface area contributed by atoms with E-state index in [1.807, 2.05) is 11.8 Å². The molecule has 1 aliphatic heterocycles. The van der Waals surface area contributed by atoms with Gasteiger partial charge in [0.25, 0.3) is 0 Å². The summed E-state index contributed by atoms with van der Waals surface area (Å²) in [6, 6.07) is 2.13. The van der Waals surface area contributed by atoms with Gasteiger partial charge in [0.1, 0.15) is 0 Å². The molecule has 1 fully saturated rings. The fourth-order valence-electron chi connectivity index (χ4n) is 1.06. The van der Waals surface area contributed by atoms with Crippen molar-refractivity contribution in [3.63, 3.8) is 0 Å². The van der Waals surface area contributed by atoms with Crippen molar-refractivity contribution < 1.29 is 5.11 Å². The van der Waals surface area contributed by atoms with Crippen LogP contribution in [0.2, 0.25) is 0 Å². The van der Waals surface area contributed by atoms with Crippen molar-refractivity contribution in [2.75, 3.05) is 11.5 Å². The van der Waals surface area contributed by atoms with Crippen LogP contribution in [-0.2, 0) is 0 Å². The Labute approximate surface area is 65.2 Å². The third-order valence-corrected chi connectivity index (χ3v) is 2.81. The fourth-order valence-corrected chi connectivity index (χ4v) is 2.09. The number of aliphatic hydroxyl groups is 1. The maximum atomic E-state index is 9.31. The molecule has 0 aliphatic carbocycles. The Morgan fingerprint density at radius 2 is 2.10 bits per heavy atom. The van der Waals surface area contributed by atoms with Crippen molar-refractivity contribution in [2.24, 2.45) is 5.92 Å². The quantitative estimate of drug-likeness (QED) is 0.571. The van der Waals surface area contributed by atoms with Gasteiger partial charge in [-0.15, -0.1) is 0 Å². The minimum absolute atomic E-state index is 0.116. The Morgan fingerprint density at radius 3 is 2.80 bits per heavy atom. The van der Waals surface area contributed by atoms with E-state index in [9.17, 15) is 5.11 Å². The van der Waals surface area contributed by atoms with Gasteiger partial charge >= 0.3 is 0 Å². The molecule has 56 valence electrons. The summed E-state index contributed by atoms with van der Waals surface area (Å²) in [4.78, 5) is 0. The topological polar surface area (TPSA) is 44.0 Å². The predicted molar refractivity (Wildman–Crippen MR) is 41.7 cm³/mol. The van der Waals surface area contributed by atoms with Crippen LogP contribution in [0.4, 0.5) is 0 Å². The smallest absolute Gasteiger partial charge is 0.0730 e. The highest BCUT2D eigenvalue weighted by molar-refractivity contribution is 7.99. The van der Waals surface area contributed by atoms with E-state index >= 15 is 0 Å². The van der Waals surface area contributed by atoms with Crippen LogP contribution in [0.1, 0.15) is 12.8 Å². The molecule has 2 nitrogen and oxygen atoms in total. The summed E-state index contributed by atoms with van der Waals surface area (Å²) in [6.07, 6.45) is 1.26. The maximum absolute atomic E-state index is 9.31. The fraction of sp³-hybridized carbons (Fsp3) is 0.857. The second-order valence-electron chi connectivity index (χ2n) is 2.49. The number of thioether (sulfide) groups is 1. The van der Waals surface area contributed by atoms with Crippen molar-refractivity contribution in [1.29, 1.82) is 5.26 Å². The van der Waals surface area contributed by atoms with Crippen LogP contribution >= 0.6 is 11.8 Å². The van der Waals surface area contributed by atoms with E-state index in [1.165, 1.54) is 0 Å². The lowest BCUT2D eigenvalue weighted by atomic mass is 10.00. The number of hydrogen-bond acceptors (Lipinski definition) is 3. The van der Waals surface area contributed by atoms with E-state index in [4.69, 9.17) is 5.26 Å². The molecule has 1 heterocycles. The third kappa shape index (κ3) is 1.89. The molecule has 1 rings (SSSR count). The molecule has 3 heteroatoms. The molecular weight excluding hydrogens is 146 g/mol. The lowest BCUT2D eigenvalue weighted by Gasteiger charge is -2.10. The summed E-state index contributed by atoms with van der Waals surface area (Å²) in [5.74, 6) is 1.91. The summed E-state index contributed by atoms with van der Waals surface area (Å²) in [5.41, 5.74) is 0. The third-order valence-electron chi connectivity index (χ3n) is 1.76. The Hall–Kier alpha value is -0.200. The summed E-state index contributed by atoms with van der Waals surface area (Å²) in [6.45, 7) is 0. The van der Waals surface area contributed by atoms with Crippen LogP contribution in [-0.4, -0.2) is 22.7 Å². The molecule has 0 amide bonds. The molecule has 0 bridgehead atoms. The van der Waals surface area contributed by atoms with E-state index < -0.39 is 0 Å². The van der Waals surface area contributed by atoms with E-state index in [0.717, 1.165) is 24.3 Å². The monoisotopic (exact) mass is 157 g/mol. The van der Waals surface area contributed by atoms with Crippen LogP contribution in [0.5, 0.6) is 0 Å². The second-order valence-corrected chi connectivity index (χ2v) is 3.72. The molecule has 10 heavy (non-hydrogen) atoms. The summed E-state index contributed by atoms with van der Waals surface area (Å²) in [5, 5.41) is 17.9. The molecule has 1 N–H and O–H groups in total. The zero-order chi connectivity index (χ0) is 7.40. The van der Waals surface area contributed by atoms with Crippen molar-refractivity contribution >= 4 is 11.8 Å². The minimum Gasteiger partial charge on any atom is -0.392 e. The first kappa shape index (κ1) is 7.90. The van der Waals surface area contributed by atoms with Gasteiger partial charge in [0.15, 0.2) is 0 Å². The summed E-state index contributed by atoms with van der Waals surface area (Å²) < 4.78 is 0. The molecule has 2 unspecified atom stereocenters. The molecule has 0 aromatic heterocycles. The Kier molecular flexibility index (Phi) is 3.04. The normalized spacial score (nSPS) is 34.4. The highest BCUT2D eigenvalue weighted by atomic mass is 32.2. The van der Waals surface area contributed by atoms with Crippen molar-refractivity contribution in [2.45, 2.75) is 18.9 Å².